The van der Waals surface area contributed by atoms with Gasteiger partial charge in [-0.1, -0.05) is 6.07 Å². The summed E-state index contributed by atoms with van der Waals surface area (Å²) in [6, 6.07) is 5.73. The topological polar surface area (TPSA) is 58.6 Å². The molecule has 0 amide bonds. The molecule has 2 rings (SSSR count). The quantitative estimate of drug-likeness (QED) is 0.821. The van der Waals surface area contributed by atoms with Crippen LogP contribution in [0.3, 0.4) is 0 Å². The first kappa shape index (κ1) is 13.2. The molecule has 1 heterocycles. The van der Waals surface area contributed by atoms with E-state index >= 15 is 0 Å². The SMILES string of the molecule is CSc1cccc(NC2CCCOC2)c1C(=O)O. The molecule has 18 heavy (non-hydrogen) atoms. The van der Waals surface area contributed by atoms with Gasteiger partial charge < -0.3 is 15.2 Å². The maximum absolute atomic E-state index is 11.4. The van der Waals surface area contributed by atoms with Crippen LogP contribution in [-0.4, -0.2) is 36.6 Å². The standard InChI is InChI=1S/C13H17NO3S/c1-18-11-6-2-5-10(12(11)13(15)16)14-9-4-3-7-17-8-9/h2,5-6,9,14H,3-4,7-8H2,1H3,(H,15,16). The van der Waals surface area contributed by atoms with E-state index in [0.717, 1.165) is 24.3 Å². The Labute approximate surface area is 111 Å². The summed E-state index contributed by atoms with van der Waals surface area (Å²) in [5, 5.41) is 12.6. The summed E-state index contributed by atoms with van der Waals surface area (Å²) in [5.74, 6) is -0.890. The van der Waals surface area contributed by atoms with Crippen molar-refractivity contribution in [2.75, 3.05) is 24.8 Å². The first-order chi connectivity index (χ1) is 8.72. The van der Waals surface area contributed by atoms with Crippen LogP contribution in [0.1, 0.15) is 23.2 Å². The van der Waals surface area contributed by atoms with Crippen molar-refractivity contribution in [3.63, 3.8) is 0 Å². The van der Waals surface area contributed by atoms with Gasteiger partial charge in [-0.15, -0.1) is 11.8 Å². The zero-order valence-corrected chi connectivity index (χ0v) is 11.1. The highest BCUT2D eigenvalue weighted by molar-refractivity contribution is 7.98. The fraction of sp³-hybridized carbons (Fsp3) is 0.462. The van der Waals surface area contributed by atoms with Gasteiger partial charge in [0, 0.05) is 17.5 Å². The van der Waals surface area contributed by atoms with E-state index in [1.54, 1.807) is 0 Å². The van der Waals surface area contributed by atoms with Crippen LogP contribution in [0, 0.1) is 0 Å². The number of carboxylic acid groups (broad SMARTS) is 1. The average molecular weight is 267 g/mol. The molecule has 0 bridgehead atoms. The molecular weight excluding hydrogens is 250 g/mol. The molecule has 0 spiro atoms. The molecule has 1 aliphatic rings. The van der Waals surface area contributed by atoms with Crippen molar-refractivity contribution in [1.82, 2.24) is 0 Å². The summed E-state index contributed by atoms with van der Waals surface area (Å²) < 4.78 is 5.40. The van der Waals surface area contributed by atoms with E-state index in [0.29, 0.717) is 17.9 Å². The molecule has 1 saturated heterocycles. The van der Waals surface area contributed by atoms with Crippen LogP contribution in [-0.2, 0) is 4.74 Å². The molecule has 1 aliphatic heterocycles. The zero-order chi connectivity index (χ0) is 13.0. The van der Waals surface area contributed by atoms with Gasteiger partial charge in [0.05, 0.1) is 17.9 Å². The van der Waals surface area contributed by atoms with Crippen molar-refractivity contribution in [2.45, 2.75) is 23.8 Å². The van der Waals surface area contributed by atoms with E-state index in [1.807, 2.05) is 24.5 Å². The largest absolute Gasteiger partial charge is 0.478 e. The van der Waals surface area contributed by atoms with Gasteiger partial charge in [0.2, 0.25) is 0 Å². The van der Waals surface area contributed by atoms with Gasteiger partial charge in [-0.25, -0.2) is 4.79 Å². The Morgan fingerprint density at radius 3 is 3.00 bits per heavy atom. The summed E-state index contributed by atoms with van der Waals surface area (Å²) in [7, 11) is 0. The third-order valence-electron chi connectivity index (χ3n) is 2.98. The van der Waals surface area contributed by atoms with Crippen LogP contribution in [0.2, 0.25) is 0 Å². The summed E-state index contributed by atoms with van der Waals surface area (Å²) in [6.45, 7) is 1.44. The van der Waals surface area contributed by atoms with Gasteiger partial charge >= 0.3 is 5.97 Å². The number of benzene rings is 1. The number of hydrogen-bond donors (Lipinski definition) is 2. The number of ether oxygens (including phenoxy) is 1. The average Bonchev–Trinajstić information content (AvgIpc) is 2.39. The van der Waals surface area contributed by atoms with Crippen molar-refractivity contribution in [2.24, 2.45) is 0 Å². The summed E-state index contributed by atoms with van der Waals surface area (Å²) in [6.07, 6.45) is 3.92. The summed E-state index contributed by atoms with van der Waals surface area (Å²) >= 11 is 1.45. The van der Waals surface area contributed by atoms with Crippen LogP contribution in [0.4, 0.5) is 5.69 Å². The number of anilines is 1. The normalized spacial score (nSPS) is 19.5. The third kappa shape index (κ3) is 2.97. The fourth-order valence-corrected chi connectivity index (χ4v) is 2.73. The monoisotopic (exact) mass is 267 g/mol. The molecule has 1 fully saturated rings. The molecule has 1 aromatic rings. The Morgan fingerprint density at radius 2 is 2.39 bits per heavy atom. The fourth-order valence-electron chi connectivity index (χ4n) is 2.12. The van der Waals surface area contributed by atoms with Gasteiger partial charge in [-0.3, -0.25) is 0 Å². The predicted octanol–water partition coefficient (Wildman–Crippen LogP) is 2.70. The van der Waals surface area contributed by atoms with Gasteiger partial charge in [0.15, 0.2) is 0 Å². The second kappa shape index (κ2) is 6.11. The lowest BCUT2D eigenvalue weighted by Crippen LogP contribution is -2.30. The first-order valence-corrected chi connectivity index (χ1v) is 7.19. The van der Waals surface area contributed by atoms with Crippen molar-refractivity contribution < 1.29 is 14.6 Å². The molecule has 98 valence electrons. The van der Waals surface area contributed by atoms with E-state index in [9.17, 15) is 9.90 Å². The molecule has 0 aromatic heterocycles. The molecule has 4 nitrogen and oxygen atoms in total. The van der Waals surface area contributed by atoms with Crippen LogP contribution < -0.4 is 5.32 Å². The predicted molar refractivity (Wildman–Crippen MR) is 72.6 cm³/mol. The molecular formula is C13H17NO3S. The number of aromatic carboxylic acids is 1. The molecule has 1 aromatic carbocycles. The minimum atomic E-state index is -0.890. The van der Waals surface area contributed by atoms with E-state index < -0.39 is 5.97 Å². The molecule has 1 atom stereocenters. The lowest BCUT2D eigenvalue weighted by molar-refractivity contribution is 0.0693. The highest BCUT2D eigenvalue weighted by Gasteiger charge is 2.19. The molecule has 1 unspecified atom stereocenters. The van der Waals surface area contributed by atoms with E-state index in [1.165, 1.54) is 11.8 Å². The minimum Gasteiger partial charge on any atom is -0.478 e. The molecule has 0 aliphatic carbocycles. The Bertz CT molecular complexity index is 430. The van der Waals surface area contributed by atoms with Crippen LogP contribution in [0.25, 0.3) is 0 Å². The zero-order valence-electron chi connectivity index (χ0n) is 10.3. The smallest absolute Gasteiger partial charge is 0.338 e. The van der Waals surface area contributed by atoms with E-state index in [-0.39, 0.29) is 6.04 Å². The van der Waals surface area contributed by atoms with E-state index in [2.05, 4.69) is 5.32 Å². The molecule has 2 N–H and O–H groups in total. The number of thioether (sulfide) groups is 1. The number of carboxylic acids is 1. The van der Waals surface area contributed by atoms with Crippen LogP contribution in [0.5, 0.6) is 0 Å². The van der Waals surface area contributed by atoms with Crippen molar-refractivity contribution >= 4 is 23.4 Å². The number of rotatable bonds is 4. The van der Waals surface area contributed by atoms with Crippen LogP contribution in [0.15, 0.2) is 23.1 Å². The van der Waals surface area contributed by atoms with Gasteiger partial charge in [0.25, 0.3) is 0 Å². The third-order valence-corrected chi connectivity index (χ3v) is 3.76. The summed E-state index contributed by atoms with van der Waals surface area (Å²) in [5.41, 5.74) is 1.04. The second-order valence-electron chi connectivity index (χ2n) is 4.25. The Kier molecular flexibility index (Phi) is 4.49. The van der Waals surface area contributed by atoms with Crippen LogP contribution >= 0.6 is 11.8 Å². The van der Waals surface area contributed by atoms with Crippen molar-refractivity contribution in [1.29, 1.82) is 0 Å². The van der Waals surface area contributed by atoms with Gasteiger partial charge in [-0.05, 0) is 31.2 Å². The lowest BCUT2D eigenvalue weighted by Gasteiger charge is -2.25. The Morgan fingerprint density at radius 1 is 1.56 bits per heavy atom. The first-order valence-electron chi connectivity index (χ1n) is 5.97. The second-order valence-corrected chi connectivity index (χ2v) is 5.09. The lowest BCUT2D eigenvalue weighted by atomic mass is 10.1. The van der Waals surface area contributed by atoms with Gasteiger partial charge in [-0.2, -0.15) is 0 Å². The Hall–Kier alpha value is -1.20. The Balaban J connectivity index is 2.23. The summed E-state index contributed by atoms with van der Waals surface area (Å²) in [4.78, 5) is 12.1. The maximum Gasteiger partial charge on any atom is 0.338 e. The highest BCUT2D eigenvalue weighted by atomic mass is 32.2. The number of carbonyl (C=O) groups is 1. The molecule has 0 radical (unpaired) electrons. The maximum atomic E-state index is 11.4. The van der Waals surface area contributed by atoms with Crippen molar-refractivity contribution in [3.05, 3.63) is 23.8 Å². The van der Waals surface area contributed by atoms with Crippen molar-refractivity contribution in [3.8, 4) is 0 Å². The molecule has 0 saturated carbocycles. The molecule has 5 heteroatoms. The van der Waals surface area contributed by atoms with E-state index in [4.69, 9.17) is 4.74 Å². The van der Waals surface area contributed by atoms with Gasteiger partial charge in [0.1, 0.15) is 0 Å². The number of nitrogens with one attached hydrogen (secondary N) is 1. The number of hydrogen-bond acceptors (Lipinski definition) is 4. The highest BCUT2D eigenvalue weighted by Crippen LogP contribution is 2.28. The minimum absolute atomic E-state index is 0.203.